The fourth-order valence-electron chi connectivity index (χ4n) is 3.96. The summed E-state index contributed by atoms with van der Waals surface area (Å²) in [4.78, 5) is 16.8. The van der Waals surface area contributed by atoms with Crippen LogP contribution < -0.4 is 0 Å². The van der Waals surface area contributed by atoms with Crippen molar-refractivity contribution in [3.8, 4) is 22.8 Å². The molecule has 0 saturated carbocycles. The van der Waals surface area contributed by atoms with E-state index in [2.05, 4.69) is 0 Å². The number of rotatable bonds is 7. The van der Waals surface area contributed by atoms with Gasteiger partial charge in [-0.05, 0) is 31.5 Å². The molecule has 0 aliphatic carbocycles. The summed E-state index contributed by atoms with van der Waals surface area (Å²) in [7, 11) is 0. The van der Waals surface area contributed by atoms with E-state index in [1.807, 2.05) is 73.0 Å². The molecule has 4 rings (SSSR count). The quantitative estimate of drug-likeness (QED) is 0.385. The Hall–Kier alpha value is -3.60. The van der Waals surface area contributed by atoms with Gasteiger partial charge in [0.2, 0.25) is 0 Å². The van der Waals surface area contributed by atoms with E-state index in [1.54, 1.807) is 12.1 Å². The van der Waals surface area contributed by atoms with Crippen LogP contribution in [-0.4, -0.2) is 25.7 Å². The molecule has 0 aliphatic heterocycles. The number of phenols is 1. The van der Waals surface area contributed by atoms with Crippen molar-refractivity contribution in [3.05, 3.63) is 77.9 Å². The van der Waals surface area contributed by atoms with E-state index in [0.717, 1.165) is 41.0 Å². The molecule has 0 fully saturated rings. The van der Waals surface area contributed by atoms with E-state index >= 15 is 0 Å². The Kier molecular flexibility index (Phi) is 5.76. The maximum absolute atomic E-state index is 12.0. The molecule has 0 amide bonds. The van der Waals surface area contributed by atoms with Crippen molar-refractivity contribution in [2.75, 3.05) is 0 Å². The monoisotopic (exact) mass is 414 g/mol. The number of fused-ring (bicyclic) bond motifs is 1. The van der Waals surface area contributed by atoms with E-state index in [-0.39, 0.29) is 5.75 Å². The van der Waals surface area contributed by atoms with Gasteiger partial charge in [0.25, 0.3) is 0 Å². The fraction of sp³-hybridized carbons (Fsp3) is 0.231. The first-order chi connectivity index (χ1) is 15.0. The standard InChI is InChI=1S/C26H26N2O3/c1-3-4-10-20(26(30)31)21-15-23-22(16-24(21)29)27-25(18-8-6-5-7-9-18)28(23)19-13-11-17(2)12-14-19/h5-9,11-16,20,29H,3-4,10H2,1-2H3,(H,30,31). The highest BCUT2D eigenvalue weighted by Gasteiger charge is 2.25. The van der Waals surface area contributed by atoms with Gasteiger partial charge in [-0.2, -0.15) is 0 Å². The first kappa shape index (κ1) is 20.7. The van der Waals surface area contributed by atoms with Gasteiger partial charge in [-0.3, -0.25) is 9.36 Å². The number of unbranched alkanes of at least 4 members (excludes halogenated alkanes) is 1. The number of imidazole rings is 1. The lowest BCUT2D eigenvalue weighted by Gasteiger charge is -2.15. The third kappa shape index (κ3) is 4.04. The van der Waals surface area contributed by atoms with Crippen LogP contribution in [-0.2, 0) is 4.79 Å². The van der Waals surface area contributed by atoms with Crippen LogP contribution in [0.15, 0.2) is 66.7 Å². The van der Waals surface area contributed by atoms with Crippen LogP contribution in [0.4, 0.5) is 0 Å². The Labute approximate surface area is 181 Å². The first-order valence-electron chi connectivity index (χ1n) is 10.6. The summed E-state index contributed by atoms with van der Waals surface area (Å²) in [6, 6.07) is 21.4. The average Bonchev–Trinajstić information content (AvgIpc) is 3.13. The summed E-state index contributed by atoms with van der Waals surface area (Å²) in [6.45, 7) is 4.07. The van der Waals surface area contributed by atoms with Gasteiger partial charge < -0.3 is 10.2 Å². The maximum Gasteiger partial charge on any atom is 0.311 e. The third-order valence-corrected chi connectivity index (χ3v) is 5.65. The molecule has 158 valence electrons. The summed E-state index contributed by atoms with van der Waals surface area (Å²) < 4.78 is 2.03. The number of carboxylic acid groups (broad SMARTS) is 1. The first-order valence-corrected chi connectivity index (χ1v) is 10.6. The van der Waals surface area contributed by atoms with Crippen LogP contribution >= 0.6 is 0 Å². The molecule has 0 spiro atoms. The maximum atomic E-state index is 12.0. The van der Waals surface area contributed by atoms with Gasteiger partial charge in [-0.15, -0.1) is 0 Å². The van der Waals surface area contributed by atoms with Crippen LogP contribution in [0.5, 0.6) is 5.75 Å². The van der Waals surface area contributed by atoms with Crippen molar-refractivity contribution in [3.63, 3.8) is 0 Å². The third-order valence-electron chi connectivity index (χ3n) is 5.65. The molecule has 1 unspecified atom stereocenters. The second kappa shape index (κ2) is 8.64. The van der Waals surface area contributed by atoms with Crippen LogP contribution in [0.3, 0.4) is 0 Å². The number of nitrogens with zero attached hydrogens (tertiary/aromatic N) is 2. The number of aryl methyl sites for hydroxylation is 1. The zero-order valence-corrected chi connectivity index (χ0v) is 17.7. The molecule has 4 aromatic rings. The topological polar surface area (TPSA) is 75.3 Å². The van der Waals surface area contributed by atoms with Crippen LogP contribution in [0, 0.1) is 6.92 Å². The second-order valence-electron chi connectivity index (χ2n) is 7.91. The number of hydrogen-bond acceptors (Lipinski definition) is 3. The van der Waals surface area contributed by atoms with Crippen molar-refractivity contribution in [2.24, 2.45) is 0 Å². The molecule has 5 nitrogen and oxygen atoms in total. The van der Waals surface area contributed by atoms with Crippen LogP contribution in [0.2, 0.25) is 0 Å². The summed E-state index contributed by atoms with van der Waals surface area (Å²) in [6.07, 6.45) is 2.16. The number of aliphatic carboxylic acids is 1. The molecule has 1 atom stereocenters. The number of aromatic nitrogens is 2. The van der Waals surface area contributed by atoms with Gasteiger partial charge in [-0.1, -0.05) is 67.8 Å². The number of benzene rings is 3. The number of hydrogen-bond donors (Lipinski definition) is 2. The normalized spacial score (nSPS) is 12.2. The van der Waals surface area contributed by atoms with Gasteiger partial charge in [0.05, 0.1) is 17.0 Å². The molecule has 1 heterocycles. The molecule has 31 heavy (non-hydrogen) atoms. The van der Waals surface area contributed by atoms with Crippen molar-refractivity contribution < 1.29 is 15.0 Å². The predicted octanol–water partition coefficient (Wildman–Crippen LogP) is 6.06. The molecule has 1 aromatic heterocycles. The molecular formula is C26H26N2O3. The molecule has 0 saturated heterocycles. The highest BCUT2D eigenvalue weighted by molar-refractivity contribution is 5.87. The zero-order chi connectivity index (χ0) is 22.0. The molecule has 2 N–H and O–H groups in total. The molecule has 3 aromatic carbocycles. The largest absolute Gasteiger partial charge is 0.508 e. The lowest BCUT2D eigenvalue weighted by atomic mass is 9.92. The van der Waals surface area contributed by atoms with E-state index in [1.165, 1.54) is 0 Å². The van der Waals surface area contributed by atoms with Crippen molar-refractivity contribution in [2.45, 2.75) is 39.0 Å². The Bertz CT molecular complexity index is 1210. The van der Waals surface area contributed by atoms with Gasteiger partial charge in [0.15, 0.2) is 0 Å². The summed E-state index contributed by atoms with van der Waals surface area (Å²) in [5.41, 5.74) is 4.86. The van der Waals surface area contributed by atoms with Gasteiger partial charge >= 0.3 is 5.97 Å². The van der Waals surface area contributed by atoms with Gasteiger partial charge in [-0.25, -0.2) is 4.98 Å². The number of carbonyl (C=O) groups is 1. The zero-order valence-electron chi connectivity index (χ0n) is 17.7. The van der Waals surface area contributed by atoms with Crippen LogP contribution in [0.25, 0.3) is 28.1 Å². The number of carboxylic acids is 1. The summed E-state index contributed by atoms with van der Waals surface area (Å²) >= 11 is 0. The molecule has 0 bridgehead atoms. The molecule has 5 heteroatoms. The van der Waals surface area contributed by atoms with Crippen molar-refractivity contribution >= 4 is 17.0 Å². The second-order valence-corrected chi connectivity index (χ2v) is 7.91. The number of phenolic OH excluding ortho intramolecular Hbond substituents is 1. The minimum absolute atomic E-state index is 0.0239. The van der Waals surface area contributed by atoms with Crippen LogP contribution in [0.1, 0.15) is 43.2 Å². The summed E-state index contributed by atoms with van der Waals surface area (Å²) in [5.74, 6) is -0.959. The Morgan fingerprint density at radius 1 is 1.06 bits per heavy atom. The summed E-state index contributed by atoms with van der Waals surface area (Å²) in [5, 5.41) is 20.5. The molecular weight excluding hydrogens is 388 g/mol. The lowest BCUT2D eigenvalue weighted by Crippen LogP contribution is -2.12. The van der Waals surface area contributed by atoms with Crippen molar-refractivity contribution in [1.82, 2.24) is 9.55 Å². The Morgan fingerprint density at radius 2 is 1.77 bits per heavy atom. The Morgan fingerprint density at radius 3 is 2.42 bits per heavy atom. The van der Waals surface area contributed by atoms with Gasteiger partial charge in [0, 0.05) is 22.9 Å². The van der Waals surface area contributed by atoms with E-state index in [0.29, 0.717) is 17.5 Å². The fourth-order valence-corrected chi connectivity index (χ4v) is 3.96. The van der Waals surface area contributed by atoms with Crippen molar-refractivity contribution in [1.29, 1.82) is 0 Å². The minimum atomic E-state index is -0.923. The lowest BCUT2D eigenvalue weighted by molar-refractivity contribution is -0.139. The Balaban J connectivity index is 1.98. The van der Waals surface area contributed by atoms with E-state index in [4.69, 9.17) is 4.98 Å². The highest BCUT2D eigenvalue weighted by Crippen LogP contribution is 2.37. The predicted molar refractivity (Wildman–Crippen MR) is 123 cm³/mol. The van der Waals surface area contributed by atoms with Gasteiger partial charge in [0.1, 0.15) is 11.6 Å². The SMILES string of the molecule is CCCCC(C(=O)O)c1cc2c(cc1O)nc(-c1ccccc1)n2-c1ccc(C)cc1. The molecule has 0 aliphatic rings. The average molecular weight is 415 g/mol. The minimum Gasteiger partial charge on any atom is -0.508 e. The number of aromatic hydroxyl groups is 1. The van der Waals surface area contributed by atoms with E-state index in [9.17, 15) is 15.0 Å². The smallest absolute Gasteiger partial charge is 0.311 e. The molecule has 0 radical (unpaired) electrons. The van der Waals surface area contributed by atoms with E-state index < -0.39 is 11.9 Å². The highest BCUT2D eigenvalue weighted by atomic mass is 16.4.